The Morgan fingerprint density at radius 1 is 1.21 bits per heavy atom. The monoisotopic (exact) mass is 190 g/mol. The summed E-state index contributed by atoms with van der Waals surface area (Å²) < 4.78 is 5.67. The van der Waals surface area contributed by atoms with E-state index in [1.165, 1.54) is 11.1 Å². The van der Waals surface area contributed by atoms with Gasteiger partial charge in [0.2, 0.25) is 0 Å². The molecule has 0 saturated carbocycles. The van der Waals surface area contributed by atoms with Crippen LogP contribution in [0, 0.1) is 6.92 Å². The first kappa shape index (κ1) is 10.8. The van der Waals surface area contributed by atoms with Crippen LogP contribution in [0.4, 0.5) is 0 Å². The van der Waals surface area contributed by atoms with Gasteiger partial charge in [0.15, 0.2) is 0 Å². The molecule has 1 rings (SSSR count). The van der Waals surface area contributed by atoms with Gasteiger partial charge in [0, 0.05) is 0 Å². The van der Waals surface area contributed by atoms with Gasteiger partial charge in [0.25, 0.3) is 0 Å². The molecule has 0 heterocycles. The Kier molecular flexibility index (Phi) is 3.00. The maximum absolute atomic E-state index is 5.67. The Morgan fingerprint density at radius 3 is 2.14 bits per heavy atom. The zero-order chi connectivity index (χ0) is 10.8. The summed E-state index contributed by atoms with van der Waals surface area (Å²) in [5.74, 6) is 0.746. The number of allylic oxidation sites excluding steroid dienone is 1. The van der Waals surface area contributed by atoms with Crippen molar-refractivity contribution in [1.29, 1.82) is 0 Å². The molecule has 1 heteroatoms. The van der Waals surface area contributed by atoms with Crippen molar-refractivity contribution in [1.82, 2.24) is 0 Å². The molecular weight excluding hydrogens is 172 g/mol. The molecule has 0 N–H and O–H groups in total. The van der Waals surface area contributed by atoms with Gasteiger partial charge in [-0.2, -0.15) is 0 Å². The van der Waals surface area contributed by atoms with Crippen LogP contribution < -0.4 is 0 Å². The predicted molar refractivity (Wildman–Crippen MR) is 60.1 cm³/mol. The topological polar surface area (TPSA) is 9.23 Å². The molecule has 0 radical (unpaired) electrons. The summed E-state index contributed by atoms with van der Waals surface area (Å²) in [5.41, 5.74) is 2.14. The molecule has 0 aliphatic heterocycles. The normalized spacial score (nSPS) is 11.1. The molecule has 0 aliphatic rings. The zero-order valence-corrected chi connectivity index (χ0v) is 9.42. The summed E-state index contributed by atoms with van der Waals surface area (Å²) in [7, 11) is 0. The van der Waals surface area contributed by atoms with Gasteiger partial charge >= 0.3 is 0 Å². The maximum atomic E-state index is 5.67. The van der Waals surface area contributed by atoms with Crippen molar-refractivity contribution in [3.63, 3.8) is 0 Å². The van der Waals surface area contributed by atoms with E-state index in [4.69, 9.17) is 4.74 Å². The molecule has 1 aromatic rings. The van der Waals surface area contributed by atoms with Crippen molar-refractivity contribution in [3.05, 3.63) is 47.7 Å². The zero-order valence-electron chi connectivity index (χ0n) is 9.42. The summed E-state index contributed by atoms with van der Waals surface area (Å²) in [6.07, 6.45) is 0. The molecular formula is C13H18O. The van der Waals surface area contributed by atoms with Crippen LogP contribution in [0.1, 0.15) is 31.9 Å². The fraction of sp³-hybridized carbons (Fsp3) is 0.385. The lowest BCUT2D eigenvalue weighted by Crippen LogP contribution is -2.20. The number of hydrogen-bond acceptors (Lipinski definition) is 1. The van der Waals surface area contributed by atoms with Crippen LogP contribution >= 0.6 is 0 Å². The first-order valence-electron chi connectivity index (χ1n) is 4.83. The van der Waals surface area contributed by atoms with Crippen molar-refractivity contribution < 1.29 is 4.74 Å². The highest BCUT2D eigenvalue weighted by molar-refractivity contribution is 5.25. The van der Waals surface area contributed by atoms with Crippen LogP contribution in [-0.4, -0.2) is 0 Å². The Bertz CT molecular complexity index is 320. The second kappa shape index (κ2) is 3.87. The third-order valence-corrected chi connectivity index (χ3v) is 2.18. The molecule has 0 aliphatic carbocycles. The Balaban J connectivity index is 2.91. The fourth-order valence-corrected chi connectivity index (χ4v) is 1.45. The number of ether oxygens (including phenoxy) is 1. The number of benzene rings is 1. The van der Waals surface area contributed by atoms with Gasteiger partial charge in [-0.25, -0.2) is 0 Å². The second-order valence-corrected chi connectivity index (χ2v) is 4.18. The summed E-state index contributed by atoms with van der Waals surface area (Å²) in [4.78, 5) is 0. The average Bonchev–Trinajstić information content (AvgIpc) is 2.02. The third kappa shape index (κ3) is 2.63. The van der Waals surface area contributed by atoms with Crippen molar-refractivity contribution in [2.45, 2.75) is 33.3 Å². The van der Waals surface area contributed by atoms with Crippen molar-refractivity contribution in [3.8, 4) is 0 Å². The Labute approximate surface area is 86.4 Å². The Hall–Kier alpha value is -1.24. The SMILES string of the molecule is C=C(C)OC(C)(C)c1ccc(C)cc1. The summed E-state index contributed by atoms with van der Waals surface area (Å²) in [5, 5.41) is 0. The first-order valence-corrected chi connectivity index (χ1v) is 4.83. The molecule has 1 aromatic carbocycles. The lowest BCUT2D eigenvalue weighted by molar-refractivity contribution is 0.0337. The van der Waals surface area contributed by atoms with E-state index in [9.17, 15) is 0 Å². The van der Waals surface area contributed by atoms with Crippen LogP contribution in [0.5, 0.6) is 0 Å². The van der Waals surface area contributed by atoms with Gasteiger partial charge in [0.1, 0.15) is 5.60 Å². The molecule has 0 atom stereocenters. The molecule has 0 bridgehead atoms. The number of aryl methyl sites for hydroxylation is 1. The van der Waals surface area contributed by atoms with Crippen LogP contribution in [0.3, 0.4) is 0 Å². The van der Waals surface area contributed by atoms with Gasteiger partial charge in [-0.3, -0.25) is 0 Å². The van der Waals surface area contributed by atoms with E-state index in [1.807, 2.05) is 20.8 Å². The largest absolute Gasteiger partial charge is 0.488 e. The molecule has 0 unspecified atom stereocenters. The lowest BCUT2D eigenvalue weighted by Gasteiger charge is -2.27. The minimum absolute atomic E-state index is 0.292. The molecule has 0 spiro atoms. The van der Waals surface area contributed by atoms with Crippen molar-refractivity contribution in [2.75, 3.05) is 0 Å². The summed E-state index contributed by atoms with van der Waals surface area (Å²) in [6.45, 7) is 11.8. The number of rotatable bonds is 3. The van der Waals surface area contributed by atoms with Gasteiger partial charge in [-0.05, 0) is 33.3 Å². The molecule has 0 aromatic heterocycles. The average molecular weight is 190 g/mol. The van der Waals surface area contributed by atoms with Gasteiger partial charge in [-0.15, -0.1) is 0 Å². The van der Waals surface area contributed by atoms with Crippen molar-refractivity contribution in [2.24, 2.45) is 0 Å². The maximum Gasteiger partial charge on any atom is 0.128 e. The first-order chi connectivity index (χ1) is 6.42. The minimum Gasteiger partial charge on any atom is -0.488 e. The lowest BCUT2D eigenvalue weighted by atomic mass is 9.97. The molecule has 0 fully saturated rings. The van der Waals surface area contributed by atoms with Crippen LogP contribution in [0.15, 0.2) is 36.6 Å². The van der Waals surface area contributed by atoms with E-state index in [2.05, 4.69) is 37.8 Å². The molecule has 0 amide bonds. The quantitative estimate of drug-likeness (QED) is 0.659. The van der Waals surface area contributed by atoms with E-state index >= 15 is 0 Å². The molecule has 0 saturated heterocycles. The molecule has 76 valence electrons. The summed E-state index contributed by atoms with van der Waals surface area (Å²) in [6, 6.07) is 8.38. The predicted octanol–water partition coefficient (Wildman–Crippen LogP) is 3.78. The highest BCUT2D eigenvalue weighted by Gasteiger charge is 2.21. The van der Waals surface area contributed by atoms with Crippen LogP contribution in [0.2, 0.25) is 0 Å². The van der Waals surface area contributed by atoms with E-state index in [0.717, 1.165) is 5.76 Å². The van der Waals surface area contributed by atoms with Crippen LogP contribution in [0.25, 0.3) is 0 Å². The van der Waals surface area contributed by atoms with Gasteiger partial charge in [0.05, 0.1) is 5.76 Å². The Morgan fingerprint density at radius 2 is 1.71 bits per heavy atom. The van der Waals surface area contributed by atoms with Gasteiger partial charge < -0.3 is 4.74 Å². The highest BCUT2D eigenvalue weighted by atomic mass is 16.5. The smallest absolute Gasteiger partial charge is 0.128 e. The van der Waals surface area contributed by atoms with E-state index in [-0.39, 0.29) is 5.60 Å². The van der Waals surface area contributed by atoms with E-state index in [1.54, 1.807) is 0 Å². The fourth-order valence-electron chi connectivity index (χ4n) is 1.45. The molecule has 14 heavy (non-hydrogen) atoms. The standard InChI is InChI=1S/C13H18O/c1-10(2)14-13(4,5)12-8-6-11(3)7-9-12/h6-9H,1H2,2-5H3. The van der Waals surface area contributed by atoms with E-state index < -0.39 is 0 Å². The second-order valence-electron chi connectivity index (χ2n) is 4.18. The number of hydrogen-bond donors (Lipinski definition) is 0. The van der Waals surface area contributed by atoms with Crippen LogP contribution in [-0.2, 0) is 10.3 Å². The third-order valence-electron chi connectivity index (χ3n) is 2.18. The van der Waals surface area contributed by atoms with Gasteiger partial charge in [-0.1, -0.05) is 36.4 Å². The molecule has 1 nitrogen and oxygen atoms in total. The summed E-state index contributed by atoms with van der Waals surface area (Å²) >= 11 is 0. The highest BCUT2D eigenvalue weighted by Crippen LogP contribution is 2.26. The van der Waals surface area contributed by atoms with Crippen molar-refractivity contribution >= 4 is 0 Å². The minimum atomic E-state index is -0.292. The van der Waals surface area contributed by atoms with E-state index in [0.29, 0.717) is 0 Å².